The maximum Gasteiger partial charge on any atom is 0.250 e. The highest BCUT2D eigenvalue weighted by atomic mass is 32.2. The van der Waals surface area contributed by atoms with E-state index in [1.807, 2.05) is 12.1 Å². The second kappa shape index (κ2) is 6.36. The zero-order chi connectivity index (χ0) is 14.8. The van der Waals surface area contributed by atoms with Crippen molar-refractivity contribution >= 4 is 32.7 Å². The van der Waals surface area contributed by atoms with Crippen LogP contribution in [0.1, 0.15) is 27.1 Å². The van der Waals surface area contributed by atoms with E-state index >= 15 is 0 Å². The number of aliphatic hydroxyl groups excluding tert-OH is 1. The zero-order valence-electron chi connectivity index (χ0n) is 11.3. The SMILES string of the molecule is CCc1ccc(CNS(=O)(=O)c2cc(C)c(CO)s2)s1. The Balaban J connectivity index is 2.10. The Bertz CT molecular complexity index is 686. The van der Waals surface area contributed by atoms with Crippen molar-refractivity contribution in [1.82, 2.24) is 4.72 Å². The quantitative estimate of drug-likeness (QED) is 0.855. The van der Waals surface area contributed by atoms with Crippen molar-refractivity contribution in [3.8, 4) is 0 Å². The Kier molecular flexibility index (Phi) is 4.98. The van der Waals surface area contributed by atoms with Crippen LogP contribution in [0.4, 0.5) is 0 Å². The lowest BCUT2D eigenvalue weighted by molar-refractivity contribution is 0.285. The van der Waals surface area contributed by atoms with Gasteiger partial charge in [-0.2, -0.15) is 0 Å². The molecule has 2 rings (SSSR count). The van der Waals surface area contributed by atoms with E-state index in [2.05, 4.69) is 11.6 Å². The molecule has 0 bridgehead atoms. The molecule has 110 valence electrons. The number of thiophene rings is 2. The third-order valence-corrected chi connectivity index (χ3v) is 7.23. The monoisotopic (exact) mass is 331 g/mol. The Morgan fingerprint density at radius 1 is 1.25 bits per heavy atom. The first-order valence-electron chi connectivity index (χ1n) is 6.23. The highest BCUT2D eigenvalue weighted by Gasteiger charge is 2.18. The average molecular weight is 331 g/mol. The van der Waals surface area contributed by atoms with E-state index in [0.29, 0.717) is 11.4 Å². The van der Waals surface area contributed by atoms with Crippen LogP contribution in [0.2, 0.25) is 0 Å². The fourth-order valence-corrected chi connectivity index (χ4v) is 5.21. The number of sulfonamides is 1. The lowest BCUT2D eigenvalue weighted by atomic mass is 10.3. The van der Waals surface area contributed by atoms with Gasteiger partial charge < -0.3 is 5.11 Å². The second-order valence-electron chi connectivity index (χ2n) is 4.38. The number of aliphatic hydroxyl groups is 1. The first kappa shape index (κ1) is 15.7. The normalized spacial score (nSPS) is 11.9. The van der Waals surface area contributed by atoms with Crippen LogP contribution in [0, 0.1) is 6.92 Å². The molecule has 2 N–H and O–H groups in total. The van der Waals surface area contributed by atoms with Crippen molar-refractivity contribution in [2.75, 3.05) is 0 Å². The van der Waals surface area contributed by atoms with Crippen LogP contribution in [-0.2, 0) is 29.6 Å². The Morgan fingerprint density at radius 3 is 2.50 bits per heavy atom. The molecule has 7 heteroatoms. The summed E-state index contributed by atoms with van der Waals surface area (Å²) in [7, 11) is -3.50. The third-order valence-electron chi connectivity index (χ3n) is 2.91. The summed E-state index contributed by atoms with van der Waals surface area (Å²) in [6.45, 7) is 4.05. The molecule has 0 saturated carbocycles. The second-order valence-corrected chi connectivity index (χ2v) is 8.76. The van der Waals surface area contributed by atoms with Crippen molar-refractivity contribution < 1.29 is 13.5 Å². The van der Waals surface area contributed by atoms with E-state index in [1.165, 1.54) is 4.88 Å². The number of hydrogen-bond acceptors (Lipinski definition) is 5. The van der Waals surface area contributed by atoms with Crippen LogP contribution >= 0.6 is 22.7 Å². The molecule has 4 nitrogen and oxygen atoms in total. The minimum Gasteiger partial charge on any atom is -0.391 e. The molecule has 0 aliphatic heterocycles. The van der Waals surface area contributed by atoms with Gasteiger partial charge in [-0.25, -0.2) is 13.1 Å². The zero-order valence-corrected chi connectivity index (χ0v) is 13.8. The van der Waals surface area contributed by atoms with Gasteiger partial charge >= 0.3 is 0 Å². The molecule has 2 aromatic heterocycles. The van der Waals surface area contributed by atoms with E-state index in [0.717, 1.165) is 28.2 Å². The van der Waals surface area contributed by atoms with Crippen LogP contribution in [0.15, 0.2) is 22.4 Å². The standard InChI is InChI=1S/C13H17NO3S3/c1-3-10-4-5-11(18-10)7-14-20(16,17)13-6-9(2)12(8-15)19-13/h4-6,14-15H,3,7-8H2,1-2H3. The van der Waals surface area contributed by atoms with Crippen molar-refractivity contribution in [3.63, 3.8) is 0 Å². The van der Waals surface area contributed by atoms with Crippen molar-refractivity contribution in [2.24, 2.45) is 0 Å². The van der Waals surface area contributed by atoms with Crippen LogP contribution in [0.3, 0.4) is 0 Å². The summed E-state index contributed by atoms with van der Waals surface area (Å²) in [6.07, 6.45) is 0.960. The maximum atomic E-state index is 12.2. The highest BCUT2D eigenvalue weighted by molar-refractivity contribution is 7.91. The van der Waals surface area contributed by atoms with Gasteiger partial charge in [0.1, 0.15) is 4.21 Å². The lowest BCUT2D eigenvalue weighted by Crippen LogP contribution is -2.21. The fourth-order valence-electron chi connectivity index (χ4n) is 1.72. The van der Waals surface area contributed by atoms with Crippen LogP contribution in [0.25, 0.3) is 0 Å². The number of rotatable bonds is 6. The summed E-state index contributed by atoms with van der Waals surface area (Å²) in [6, 6.07) is 5.57. The van der Waals surface area contributed by atoms with Crippen LogP contribution < -0.4 is 4.72 Å². The summed E-state index contributed by atoms with van der Waals surface area (Å²) < 4.78 is 27.2. The smallest absolute Gasteiger partial charge is 0.250 e. The minimum atomic E-state index is -3.50. The molecule has 0 atom stereocenters. The Morgan fingerprint density at radius 2 is 1.95 bits per heavy atom. The first-order valence-corrected chi connectivity index (χ1v) is 9.35. The first-order chi connectivity index (χ1) is 9.46. The van der Waals surface area contributed by atoms with Crippen molar-refractivity contribution in [1.29, 1.82) is 0 Å². The predicted octanol–water partition coefficient (Wildman–Crippen LogP) is 2.65. The third kappa shape index (κ3) is 3.48. The van der Waals surface area contributed by atoms with Gasteiger partial charge in [-0.3, -0.25) is 0 Å². The van der Waals surface area contributed by atoms with Crippen molar-refractivity contribution in [3.05, 3.63) is 38.4 Å². The summed E-state index contributed by atoms with van der Waals surface area (Å²) >= 11 is 2.73. The molecule has 0 aliphatic carbocycles. The van der Waals surface area contributed by atoms with Gasteiger partial charge in [-0.1, -0.05) is 6.92 Å². The topological polar surface area (TPSA) is 66.4 Å². The molecular weight excluding hydrogens is 314 g/mol. The number of hydrogen-bond donors (Lipinski definition) is 2. The lowest BCUT2D eigenvalue weighted by Gasteiger charge is -2.02. The molecule has 0 unspecified atom stereocenters. The summed E-state index contributed by atoms with van der Waals surface area (Å²) in [4.78, 5) is 2.93. The van der Waals surface area contributed by atoms with E-state index in [4.69, 9.17) is 5.11 Å². The van der Waals surface area contributed by atoms with Crippen LogP contribution in [0.5, 0.6) is 0 Å². The number of nitrogens with one attached hydrogen (secondary N) is 1. The van der Waals surface area contributed by atoms with E-state index < -0.39 is 10.0 Å². The Labute approximate surface area is 127 Å². The summed E-state index contributed by atoms with van der Waals surface area (Å²) in [5, 5.41) is 9.13. The molecule has 20 heavy (non-hydrogen) atoms. The van der Waals surface area contributed by atoms with Gasteiger partial charge in [-0.15, -0.1) is 22.7 Å². The molecule has 2 aromatic rings. The van der Waals surface area contributed by atoms with Crippen molar-refractivity contribution in [2.45, 2.75) is 37.6 Å². The van der Waals surface area contributed by atoms with E-state index in [9.17, 15) is 8.42 Å². The van der Waals surface area contributed by atoms with Gasteiger partial charge in [0.15, 0.2) is 0 Å². The molecule has 0 aromatic carbocycles. The fraction of sp³-hybridized carbons (Fsp3) is 0.385. The molecule has 0 spiro atoms. The van der Waals surface area contributed by atoms with Crippen LogP contribution in [-0.4, -0.2) is 13.5 Å². The summed E-state index contributed by atoms with van der Waals surface area (Å²) in [5.74, 6) is 0. The predicted molar refractivity (Wildman–Crippen MR) is 82.7 cm³/mol. The van der Waals surface area contributed by atoms with Gasteiger partial charge in [0.25, 0.3) is 0 Å². The molecule has 0 radical (unpaired) electrons. The maximum absolute atomic E-state index is 12.2. The molecule has 2 heterocycles. The molecule has 0 saturated heterocycles. The molecule has 0 fully saturated rings. The largest absolute Gasteiger partial charge is 0.391 e. The minimum absolute atomic E-state index is 0.128. The Hall–Kier alpha value is -0.730. The average Bonchev–Trinajstić information content (AvgIpc) is 3.02. The van der Waals surface area contributed by atoms with Gasteiger partial charge in [0.05, 0.1) is 6.61 Å². The van der Waals surface area contributed by atoms with Gasteiger partial charge in [0, 0.05) is 21.2 Å². The molecule has 0 aliphatic rings. The highest BCUT2D eigenvalue weighted by Crippen LogP contribution is 2.26. The van der Waals surface area contributed by atoms with E-state index in [-0.39, 0.29) is 10.8 Å². The summed E-state index contributed by atoms with van der Waals surface area (Å²) in [5.41, 5.74) is 0.808. The van der Waals surface area contributed by atoms with E-state index in [1.54, 1.807) is 24.3 Å². The van der Waals surface area contributed by atoms with Gasteiger partial charge in [-0.05, 0) is 37.1 Å². The number of aryl methyl sites for hydroxylation is 2. The molecular formula is C13H17NO3S3. The van der Waals surface area contributed by atoms with Gasteiger partial charge in [0.2, 0.25) is 10.0 Å². The molecule has 0 amide bonds.